The number of rotatable bonds is 9. The Morgan fingerprint density at radius 2 is 1.12 bits per heavy atom. The average molecular weight is 732 g/mol. The van der Waals surface area contributed by atoms with E-state index < -0.39 is 32.5 Å². The largest absolute Gasteiger partial charge is 1.00 e. The van der Waals surface area contributed by atoms with Crippen LogP contribution in [0.5, 0.6) is 11.5 Å². The summed E-state index contributed by atoms with van der Waals surface area (Å²) in [5.74, 6) is -2.67. The van der Waals surface area contributed by atoms with E-state index in [1.54, 1.807) is 66.7 Å². The first kappa shape index (κ1) is 39.9. The maximum atomic E-state index is 13.5. The maximum absolute atomic E-state index is 13.5. The van der Waals surface area contributed by atoms with Crippen molar-refractivity contribution in [3.63, 3.8) is 0 Å². The van der Waals surface area contributed by atoms with E-state index in [4.69, 9.17) is 10.8 Å². The van der Waals surface area contributed by atoms with Gasteiger partial charge in [0.1, 0.15) is 10.6 Å². The fourth-order valence-electron chi connectivity index (χ4n) is 4.85. The molecule has 52 heavy (non-hydrogen) atoms. The van der Waals surface area contributed by atoms with Gasteiger partial charge in [-0.1, -0.05) is 66.1 Å². The quantitative estimate of drug-likeness (QED) is 0.0862. The number of aromatic carboxylic acids is 1. The molecule has 0 amide bonds. The van der Waals surface area contributed by atoms with E-state index in [1.165, 1.54) is 18.2 Å². The van der Waals surface area contributed by atoms with Crippen LogP contribution in [0.25, 0.3) is 21.9 Å². The molecule has 0 aliphatic carbocycles. The molecule has 0 unspecified atom stereocenters. The van der Waals surface area contributed by atoms with Crippen LogP contribution >= 0.6 is 0 Å². The van der Waals surface area contributed by atoms with Gasteiger partial charge in [-0.25, -0.2) is 4.79 Å². The molecule has 0 spiro atoms. The molecule has 0 saturated carbocycles. The summed E-state index contributed by atoms with van der Waals surface area (Å²) in [6.07, 6.45) is 0. The zero-order valence-electron chi connectivity index (χ0n) is 27.6. The third kappa shape index (κ3) is 9.14. The number of azo groups is 3. The number of nitrogen functional groups attached to an aromatic ring is 1. The number of fused-ring (bicyclic) bond motifs is 1. The number of anilines is 1. The van der Waals surface area contributed by atoms with Crippen molar-refractivity contribution in [2.24, 2.45) is 30.7 Å². The average Bonchev–Trinajstić information content (AvgIpc) is 3.11. The molecule has 6 aromatic carbocycles. The Kier molecular flexibility index (Phi) is 13.1. The molecule has 6 rings (SSSR count). The predicted octanol–water partition coefficient (Wildman–Crippen LogP) is 2.44. The molecule has 0 aromatic heterocycles. The molecule has 0 fully saturated rings. The van der Waals surface area contributed by atoms with Crippen molar-refractivity contribution in [1.29, 1.82) is 0 Å². The van der Waals surface area contributed by atoms with Gasteiger partial charge >= 0.3 is 65.1 Å². The number of carboxylic acids is 1. The molecule has 248 valence electrons. The van der Waals surface area contributed by atoms with Crippen LogP contribution < -0.4 is 75.1 Å². The van der Waals surface area contributed by atoms with Crippen LogP contribution in [-0.2, 0) is 10.1 Å². The normalized spacial score (nSPS) is 11.6. The summed E-state index contributed by atoms with van der Waals surface area (Å²) < 4.78 is 34.3. The second-order valence-electron chi connectivity index (χ2n) is 10.6. The Hall–Kier alpha value is -4.84. The molecular weight excluding hydrogens is 708 g/mol. The SMILES string of the molecule is Nc1c(N=Nc2ccccc2)cc(S(=O)(=O)O)c2ccc(N=Nc3ccc(-c4ccc(N=Nc5ccc([O-])c(C(=O)O)c5)cc4)cc3)c([O-])c12.[Na+].[Na+]. The van der Waals surface area contributed by atoms with E-state index >= 15 is 0 Å². The zero-order chi connectivity index (χ0) is 35.4. The van der Waals surface area contributed by atoms with E-state index in [1.807, 2.05) is 12.1 Å². The standard InChI is InChI=1S/C35H25N7O7S.2Na/c36-33-29(42-38-22-4-2-1-3-5-22)19-31(50(47,48)49)26-15-16-28(34(44)32(26)33)41-39-24-12-8-21(9-13-24)20-6-10-23(11-7-20)37-40-25-14-17-30(43)27(18-25)35(45)46;;/h1-19,43-44H,36H2,(H,45,46)(H,47,48,49);;/q;2*+1/p-2. The van der Waals surface area contributed by atoms with Crippen molar-refractivity contribution in [2.45, 2.75) is 4.90 Å². The molecule has 0 saturated heterocycles. The number of nitrogens with zero attached hydrogens (tertiary/aromatic N) is 6. The van der Waals surface area contributed by atoms with Crippen molar-refractivity contribution in [1.82, 2.24) is 0 Å². The second kappa shape index (κ2) is 17.1. The number of nitrogens with two attached hydrogens (primary N) is 1. The minimum absolute atomic E-state index is 0. The molecule has 6 aromatic rings. The predicted molar refractivity (Wildman–Crippen MR) is 181 cm³/mol. The Labute approximate surface area is 340 Å². The van der Waals surface area contributed by atoms with Crippen LogP contribution in [0.3, 0.4) is 0 Å². The van der Waals surface area contributed by atoms with Crippen molar-refractivity contribution >= 4 is 66.7 Å². The number of hydrogen-bond donors (Lipinski definition) is 3. The first-order valence-corrected chi connectivity index (χ1v) is 16.0. The minimum atomic E-state index is -4.77. The second-order valence-corrected chi connectivity index (χ2v) is 12.0. The summed E-state index contributed by atoms with van der Waals surface area (Å²) in [6, 6.07) is 29.9. The summed E-state index contributed by atoms with van der Waals surface area (Å²) in [4.78, 5) is 10.6. The molecule has 0 heterocycles. The third-order valence-electron chi connectivity index (χ3n) is 7.34. The van der Waals surface area contributed by atoms with Gasteiger partial charge in [-0.3, -0.25) is 4.55 Å². The molecule has 0 aliphatic heterocycles. The van der Waals surface area contributed by atoms with Crippen molar-refractivity contribution in [2.75, 3.05) is 5.73 Å². The van der Waals surface area contributed by atoms with E-state index in [-0.39, 0.29) is 98.2 Å². The van der Waals surface area contributed by atoms with Crippen LogP contribution in [0, 0.1) is 0 Å². The number of carboxylic acid groups (broad SMARTS) is 1. The van der Waals surface area contributed by atoms with E-state index in [0.29, 0.717) is 17.1 Å². The van der Waals surface area contributed by atoms with Crippen LogP contribution in [0.4, 0.5) is 39.8 Å². The molecule has 0 atom stereocenters. The van der Waals surface area contributed by atoms with E-state index in [9.17, 15) is 28.0 Å². The van der Waals surface area contributed by atoms with Gasteiger partial charge in [0, 0.05) is 10.8 Å². The van der Waals surface area contributed by atoms with Crippen LogP contribution in [0.2, 0.25) is 0 Å². The Morgan fingerprint density at radius 3 is 1.67 bits per heavy atom. The molecular formula is C35H23N7Na2O7S. The van der Waals surface area contributed by atoms with Gasteiger partial charge in [-0.15, -0.1) is 5.11 Å². The number of carbonyl (C=O) groups is 1. The molecule has 4 N–H and O–H groups in total. The first-order chi connectivity index (χ1) is 24.0. The third-order valence-corrected chi connectivity index (χ3v) is 8.23. The van der Waals surface area contributed by atoms with Gasteiger partial charge in [0.2, 0.25) is 0 Å². The maximum Gasteiger partial charge on any atom is 1.00 e. The van der Waals surface area contributed by atoms with E-state index in [2.05, 4.69) is 30.7 Å². The molecule has 0 aliphatic rings. The zero-order valence-corrected chi connectivity index (χ0v) is 32.4. The van der Waals surface area contributed by atoms with Gasteiger partial charge in [0.15, 0.2) is 0 Å². The fourth-order valence-corrected chi connectivity index (χ4v) is 5.56. The number of hydrogen-bond acceptors (Lipinski definition) is 12. The van der Waals surface area contributed by atoms with Crippen LogP contribution in [0.15, 0.2) is 151 Å². The molecule has 0 radical (unpaired) electrons. The summed E-state index contributed by atoms with van der Waals surface area (Å²) >= 11 is 0. The Bertz CT molecular complexity index is 2460. The summed E-state index contributed by atoms with van der Waals surface area (Å²) in [5.41, 5.74) is 8.77. The molecule has 0 bridgehead atoms. The smallest absolute Gasteiger partial charge is 0.872 e. The van der Waals surface area contributed by atoms with Crippen molar-refractivity contribution in [3.8, 4) is 22.6 Å². The molecule has 14 nitrogen and oxygen atoms in total. The Balaban J connectivity index is 0.00000302. The van der Waals surface area contributed by atoms with Gasteiger partial charge in [-0.2, -0.15) is 34.0 Å². The fraction of sp³-hybridized carbons (Fsp3) is 0. The van der Waals surface area contributed by atoms with Gasteiger partial charge < -0.3 is 21.1 Å². The van der Waals surface area contributed by atoms with Crippen LogP contribution in [-0.4, -0.2) is 24.0 Å². The van der Waals surface area contributed by atoms with Gasteiger partial charge in [-0.05, 0) is 71.8 Å². The minimum Gasteiger partial charge on any atom is -0.872 e. The summed E-state index contributed by atoms with van der Waals surface area (Å²) in [7, 11) is -4.77. The number of benzene rings is 6. The topological polar surface area (TPSA) is 238 Å². The van der Waals surface area contributed by atoms with Gasteiger partial charge in [0.25, 0.3) is 10.1 Å². The van der Waals surface area contributed by atoms with Gasteiger partial charge in [0.05, 0.1) is 39.7 Å². The van der Waals surface area contributed by atoms with Crippen molar-refractivity contribution in [3.05, 3.63) is 121 Å². The van der Waals surface area contributed by atoms with Crippen LogP contribution in [0.1, 0.15) is 10.4 Å². The Morgan fingerprint density at radius 1 is 0.615 bits per heavy atom. The van der Waals surface area contributed by atoms with E-state index in [0.717, 1.165) is 29.3 Å². The summed E-state index contributed by atoms with van der Waals surface area (Å²) in [5, 5.41) is 58.4. The summed E-state index contributed by atoms with van der Waals surface area (Å²) in [6.45, 7) is 0. The molecule has 17 heteroatoms. The van der Waals surface area contributed by atoms with Crippen molar-refractivity contribution < 1.29 is 92.2 Å². The first-order valence-electron chi connectivity index (χ1n) is 14.6. The monoisotopic (exact) mass is 731 g/mol.